The molecule has 0 fully saturated rings. The van der Waals surface area contributed by atoms with Crippen molar-refractivity contribution in [1.82, 2.24) is 9.97 Å². The molecule has 4 aromatic rings. The van der Waals surface area contributed by atoms with Crippen LogP contribution in [-0.2, 0) is 6.54 Å². The van der Waals surface area contributed by atoms with Crippen LogP contribution in [0.5, 0.6) is 11.5 Å². The van der Waals surface area contributed by atoms with Crippen molar-refractivity contribution in [2.75, 3.05) is 5.32 Å². The maximum Gasteiger partial charge on any atom is 0.166 e. The Morgan fingerprint density at radius 1 is 1.04 bits per heavy atom. The van der Waals surface area contributed by atoms with Crippen LogP contribution < -0.4 is 10.1 Å². The summed E-state index contributed by atoms with van der Waals surface area (Å²) in [4.78, 5) is 8.50. The zero-order valence-electron chi connectivity index (χ0n) is 14.8. The summed E-state index contributed by atoms with van der Waals surface area (Å²) in [6.45, 7) is 2.46. The van der Waals surface area contributed by atoms with Crippen LogP contribution in [0.1, 0.15) is 11.3 Å². The van der Waals surface area contributed by atoms with Crippen molar-refractivity contribution in [3.8, 4) is 11.5 Å². The van der Waals surface area contributed by atoms with Crippen LogP contribution in [0.2, 0.25) is 0 Å². The first-order valence-corrected chi connectivity index (χ1v) is 8.65. The molecule has 5 heteroatoms. The molecule has 4 nitrogen and oxygen atoms in total. The van der Waals surface area contributed by atoms with Crippen molar-refractivity contribution >= 4 is 16.6 Å². The molecule has 1 N–H and O–H groups in total. The average molecular weight is 359 g/mol. The standard InChI is InChI=1S/C22H18FN3O/c1-15-11-21(18-6-2-3-7-20(18)26-15)25-13-16-8-9-22(19(23)12-16)27-17-5-4-10-24-14-17/h2-12,14H,13H2,1H3,(H,25,26). The fraction of sp³-hybridized carbons (Fsp3) is 0.0909. The molecule has 0 spiro atoms. The van der Waals surface area contributed by atoms with E-state index in [4.69, 9.17) is 4.74 Å². The number of aromatic nitrogens is 2. The van der Waals surface area contributed by atoms with Crippen molar-refractivity contribution in [2.45, 2.75) is 13.5 Å². The molecular weight excluding hydrogens is 341 g/mol. The Balaban J connectivity index is 1.52. The van der Waals surface area contributed by atoms with Crippen LogP contribution in [-0.4, -0.2) is 9.97 Å². The first kappa shape index (κ1) is 17.0. The molecule has 2 aromatic carbocycles. The Kier molecular flexibility index (Phi) is 4.66. The van der Waals surface area contributed by atoms with Gasteiger partial charge in [-0.2, -0.15) is 0 Å². The zero-order chi connectivity index (χ0) is 18.6. The number of fused-ring (bicyclic) bond motifs is 1. The van der Waals surface area contributed by atoms with E-state index in [2.05, 4.69) is 15.3 Å². The number of nitrogens with zero attached hydrogens (tertiary/aromatic N) is 2. The number of ether oxygens (including phenoxy) is 1. The van der Waals surface area contributed by atoms with Crippen LogP contribution in [0, 0.1) is 12.7 Å². The Morgan fingerprint density at radius 3 is 2.74 bits per heavy atom. The highest BCUT2D eigenvalue weighted by Crippen LogP contribution is 2.26. The third-order valence-electron chi connectivity index (χ3n) is 4.19. The van der Waals surface area contributed by atoms with E-state index in [0.717, 1.165) is 27.8 Å². The van der Waals surface area contributed by atoms with Gasteiger partial charge in [0.1, 0.15) is 5.75 Å². The van der Waals surface area contributed by atoms with Crippen molar-refractivity contribution in [3.63, 3.8) is 0 Å². The smallest absolute Gasteiger partial charge is 0.166 e. The van der Waals surface area contributed by atoms with Gasteiger partial charge in [-0.15, -0.1) is 0 Å². The third-order valence-corrected chi connectivity index (χ3v) is 4.19. The van der Waals surface area contributed by atoms with E-state index in [-0.39, 0.29) is 5.75 Å². The Hall–Kier alpha value is -3.47. The topological polar surface area (TPSA) is 47.0 Å². The molecule has 0 saturated heterocycles. The molecule has 4 rings (SSSR count). The summed E-state index contributed by atoms with van der Waals surface area (Å²) in [5.74, 6) is 0.270. The molecule has 0 unspecified atom stereocenters. The fourth-order valence-corrected chi connectivity index (χ4v) is 2.92. The summed E-state index contributed by atoms with van der Waals surface area (Å²) in [6, 6.07) is 18.4. The lowest BCUT2D eigenvalue weighted by Gasteiger charge is -2.12. The summed E-state index contributed by atoms with van der Waals surface area (Å²) in [5, 5.41) is 4.43. The number of nitrogens with one attached hydrogen (secondary N) is 1. The molecule has 0 radical (unpaired) electrons. The van der Waals surface area contributed by atoms with Crippen LogP contribution in [0.3, 0.4) is 0 Å². The summed E-state index contributed by atoms with van der Waals surface area (Å²) >= 11 is 0. The number of halogens is 1. The van der Waals surface area contributed by atoms with Crippen molar-refractivity contribution in [1.29, 1.82) is 0 Å². The molecule has 27 heavy (non-hydrogen) atoms. The van der Waals surface area contributed by atoms with Gasteiger partial charge in [-0.1, -0.05) is 24.3 Å². The minimum Gasteiger partial charge on any atom is -0.453 e. The van der Waals surface area contributed by atoms with Gasteiger partial charge >= 0.3 is 0 Å². The lowest BCUT2D eigenvalue weighted by molar-refractivity contribution is 0.440. The van der Waals surface area contributed by atoms with E-state index in [0.29, 0.717) is 12.3 Å². The summed E-state index contributed by atoms with van der Waals surface area (Å²) in [7, 11) is 0. The number of hydrogen-bond donors (Lipinski definition) is 1. The number of rotatable bonds is 5. The van der Waals surface area contributed by atoms with Gasteiger partial charge in [0.2, 0.25) is 0 Å². The second-order valence-electron chi connectivity index (χ2n) is 6.24. The molecule has 134 valence electrons. The van der Waals surface area contributed by atoms with Gasteiger partial charge in [0, 0.05) is 29.5 Å². The van der Waals surface area contributed by atoms with Crippen molar-refractivity contribution < 1.29 is 9.13 Å². The summed E-state index contributed by atoms with van der Waals surface area (Å²) < 4.78 is 19.9. The molecule has 0 aliphatic heterocycles. The molecule has 0 bridgehead atoms. The molecule has 0 amide bonds. The molecule has 0 atom stereocenters. The number of benzene rings is 2. The molecular formula is C22H18FN3O. The molecule has 0 aliphatic rings. The van der Waals surface area contributed by atoms with E-state index >= 15 is 0 Å². The van der Waals surface area contributed by atoms with Crippen LogP contribution in [0.15, 0.2) is 73.1 Å². The van der Waals surface area contributed by atoms with Crippen LogP contribution >= 0.6 is 0 Å². The first-order chi connectivity index (χ1) is 13.2. The van der Waals surface area contributed by atoms with Gasteiger partial charge in [-0.25, -0.2) is 4.39 Å². The lowest BCUT2D eigenvalue weighted by Crippen LogP contribution is -2.02. The molecule has 2 aromatic heterocycles. The third kappa shape index (κ3) is 3.87. The number of aryl methyl sites for hydroxylation is 1. The average Bonchev–Trinajstić information content (AvgIpc) is 2.68. The second kappa shape index (κ2) is 7.41. The maximum atomic E-state index is 14.4. The van der Waals surface area contributed by atoms with E-state index < -0.39 is 5.82 Å². The van der Waals surface area contributed by atoms with Gasteiger partial charge in [-0.3, -0.25) is 9.97 Å². The summed E-state index contributed by atoms with van der Waals surface area (Å²) in [5.41, 5.74) is 3.67. The number of pyridine rings is 2. The Morgan fingerprint density at radius 2 is 1.93 bits per heavy atom. The minimum absolute atomic E-state index is 0.178. The Labute approximate surface area is 156 Å². The minimum atomic E-state index is -0.408. The second-order valence-corrected chi connectivity index (χ2v) is 6.24. The fourth-order valence-electron chi connectivity index (χ4n) is 2.92. The molecule has 0 saturated carbocycles. The Bertz CT molecular complexity index is 1080. The SMILES string of the molecule is Cc1cc(NCc2ccc(Oc3cccnc3)c(F)c2)c2ccccc2n1. The van der Waals surface area contributed by atoms with Crippen molar-refractivity contribution in [3.05, 3.63) is 90.1 Å². The van der Waals surface area contributed by atoms with Crippen LogP contribution in [0.25, 0.3) is 10.9 Å². The first-order valence-electron chi connectivity index (χ1n) is 8.65. The summed E-state index contributed by atoms with van der Waals surface area (Å²) in [6.07, 6.45) is 3.19. The largest absolute Gasteiger partial charge is 0.453 e. The zero-order valence-corrected chi connectivity index (χ0v) is 14.8. The maximum absolute atomic E-state index is 14.4. The van der Waals surface area contributed by atoms with Gasteiger partial charge in [0.25, 0.3) is 0 Å². The van der Waals surface area contributed by atoms with E-state index in [1.165, 1.54) is 6.07 Å². The highest BCUT2D eigenvalue weighted by Gasteiger charge is 2.08. The van der Waals surface area contributed by atoms with Crippen molar-refractivity contribution in [2.24, 2.45) is 0 Å². The molecule has 2 heterocycles. The van der Waals surface area contributed by atoms with E-state index in [9.17, 15) is 4.39 Å². The lowest BCUT2D eigenvalue weighted by atomic mass is 10.1. The highest BCUT2D eigenvalue weighted by molar-refractivity contribution is 5.91. The monoisotopic (exact) mass is 359 g/mol. The number of anilines is 1. The van der Waals surface area contributed by atoms with Gasteiger partial charge in [0.05, 0.1) is 11.7 Å². The van der Waals surface area contributed by atoms with E-state index in [1.54, 1.807) is 30.6 Å². The molecule has 0 aliphatic carbocycles. The van der Waals surface area contributed by atoms with Gasteiger partial charge < -0.3 is 10.1 Å². The van der Waals surface area contributed by atoms with Gasteiger partial charge in [-0.05, 0) is 48.9 Å². The predicted octanol–water partition coefficient (Wildman–Crippen LogP) is 5.48. The normalized spacial score (nSPS) is 10.7. The quantitative estimate of drug-likeness (QED) is 0.512. The number of hydrogen-bond acceptors (Lipinski definition) is 4. The number of para-hydroxylation sites is 1. The van der Waals surface area contributed by atoms with E-state index in [1.807, 2.05) is 43.3 Å². The predicted molar refractivity (Wildman–Crippen MR) is 105 cm³/mol. The highest BCUT2D eigenvalue weighted by atomic mass is 19.1. The van der Waals surface area contributed by atoms with Gasteiger partial charge in [0.15, 0.2) is 11.6 Å². The van der Waals surface area contributed by atoms with Crippen LogP contribution in [0.4, 0.5) is 10.1 Å².